The highest BCUT2D eigenvalue weighted by molar-refractivity contribution is 5.60. The van der Waals surface area contributed by atoms with Gasteiger partial charge in [-0.15, -0.1) is 0 Å². The van der Waals surface area contributed by atoms with Crippen LogP contribution in [0, 0.1) is 22.7 Å². The molecule has 1 aromatic rings. The van der Waals surface area contributed by atoms with Crippen LogP contribution >= 0.6 is 0 Å². The third-order valence-corrected chi connectivity index (χ3v) is 2.81. The lowest BCUT2D eigenvalue weighted by Gasteiger charge is -2.25. The summed E-state index contributed by atoms with van der Waals surface area (Å²) in [7, 11) is 0. The predicted octanol–water partition coefficient (Wildman–Crippen LogP) is 2.70. The molecule has 1 fully saturated rings. The Morgan fingerprint density at radius 1 is 1.18 bits per heavy atom. The molecule has 0 bridgehead atoms. The summed E-state index contributed by atoms with van der Waals surface area (Å²) in [6.45, 7) is 2.03. The van der Waals surface area contributed by atoms with E-state index >= 15 is 0 Å². The fourth-order valence-electron chi connectivity index (χ4n) is 1.94. The van der Waals surface area contributed by atoms with Crippen LogP contribution in [0.2, 0.25) is 0 Å². The number of rotatable bonds is 2. The van der Waals surface area contributed by atoms with Gasteiger partial charge in [0.05, 0.1) is 0 Å². The lowest BCUT2D eigenvalue weighted by molar-refractivity contribution is 0.496. The van der Waals surface area contributed by atoms with Crippen LogP contribution in [0.1, 0.15) is 25.0 Å². The molecule has 1 aliphatic rings. The van der Waals surface area contributed by atoms with Gasteiger partial charge < -0.3 is 9.32 Å². The molecule has 17 heavy (non-hydrogen) atoms. The summed E-state index contributed by atoms with van der Waals surface area (Å²) in [5.41, 5.74) is 0.0598. The summed E-state index contributed by atoms with van der Waals surface area (Å²) < 4.78 is 5.60. The minimum atomic E-state index is 0.0598. The van der Waals surface area contributed by atoms with E-state index in [1.54, 1.807) is 6.07 Å². The van der Waals surface area contributed by atoms with Crippen molar-refractivity contribution in [2.24, 2.45) is 0 Å². The van der Waals surface area contributed by atoms with Gasteiger partial charge in [0.1, 0.15) is 23.5 Å². The van der Waals surface area contributed by atoms with Crippen molar-refractivity contribution in [1.29, 1.82) is 10.5 Å². The monoisotopic (exact) mass is 227 g/mol. The van der Waals surface area contributed by atoms with Crippen LogP contribution in [-0.4, -0.2) is 13.1 Å². The fraction of sp³-hybridized carbons (Fsp3) is 0.385. The molecule has 0 amide bonds. The van der Waals surface area contributed by atoms with E-state index in [1.165, 1.54) is 25.3 Å². The summed E-state index contributed by atoms with van der Waals surface area (Å²) in [5, 5.41) is 17.3. The first kappa shape index (κ1) is 11.3. The fourth-order valence-corrected chi connectivity index (χ4v) is 1.94. The minimum Gasteiger partial charge on any atom is -0.441 e. The number of anilines is 1. The quantitative estimate of drug-likeness (QED) is 0.728. The Balaban J connectivity index is 2.13. The molecule has 1 aromatic heterocycles. The van der Waals surface area contributed by atoms with Crippen LogP contribution in [0.4, 0.5) is 5.88 Å². The van der Waals surface area contributed by atoms with E-state index in [2.05, 4.69) is 4.90 Å². The second-order valence-corrected chi connectivity index (χ2v) is 4.01. The highest BCUT2D eigenvalue weighted by Gasteiger charge is 2.13. The molecular formula is C13H13N3O. The Morgan fingerprint density at radius 2 is 1.88 bits per heavy atom. The van der Waals surface area contributed by atoms with Crippen molar-refractivity contribution < 1.29 is 4.42 Å². The Bertz CT molecular complexity index is 479. The number of furan rings is 1. The van der Waals surface area contributed by atoms with Gasteiger partial charge in [-0.25, -0.2) is 0 Å². The molecule has 86 valence electrons. The molecular weight excluding hydrogens is 214 g/mol. The Hall–Kier alpha value is -2.20. The minimum absolute atomic E-state index is 0.0598. The summed E-state index contributed by atoms with van der Waals surface area (Å²) >= 11 is 0. The van der Waals surface area contributed by atoms with Crippen LogP contribution < -0.4 is 4.90 Å². The summed E-state index contributed by atoms with van der Waals surface area (Å²) in [6.07, 6.45) is 5.12. The van der Waals surface area contributed by atoms with Crippen LogP contribution in [0.3, 0.4) is 0 Å². The van der Waals surface area contributed by atoms with Gasteiger partial charge in [-0.1, -0.05) is 0 Å². The number of nitriles is 2. The summed E-state index contributed by atoms with van der Waals surface area (Å²) in [4.78, 5) is 2.19. The lowest BCUT2D eigenvalue weighted by Crippen LogP contribution is -2.28. The first-order chi connectivity index (χ1) is 8.33. The highest BCUT2D eigenvalue weighted by Crippen LogP contribution is 2.23. The van der Waals surface area contributed by atoms with E-state index in [1.807, 2.05) is 18.2 Å². The molecule has 4 heteroatoms. The molecule has 0 spiro atoms. The van der Waals surface area contributed by atoms with Crippen molar-refractivity contribution in [3.8, 4) is 12.1 Å². The molecule has 2 rings (SSSR count). The maximum absolute atomic E-state index is 8.65. The lowest BCUT2D eigenvalue weighted by atomic mass is 10.1. The van der Waals surface area contributed by atoms with E-state index in [0.717, 1.165) is 19.0 Å². The molecule has 0 unspecified atom stereocenters. The van der Waals surface area contributed by atoms with Gasteiger partial charge in [0.2, 0.25) is 0 Å². The topological polar surface area (TPSA) is 64.0 Å². The zero-order valence-electron chi connectivity index (χ0n) is 9.52. The highest BCUT2D eigenvalue weighted by atomic mass is 16.4. The molecule has 0 atom stereocenters. The van der Waals surface area contributed by atoms with Gasteiger partial charge >= 0.3 is 0 Å². The predicted molar refractivity (Wildman–Crippen MR) is 64.0 cm³/mol. The maximum atomic E-state index is 8.65. The third kappa shape index (κ3) is 2.68. The molecule has 1 aliphatic heterocycles. The summed E-state index contributed by atoms with van der Waals surface area (Å²) in [5.74, 6) is 1.38. The molecule has 1 saturated heterocycles. The van der Waals surface area contributed by atoms with Crippen LogP contribution in [0.15, 0.2) is 22.1 Å². The van der Waals surface area contributed by atoms with Gasteiger partial charge in [0.15, 0.2) is 5.88 Å². The van der Waals surface area contributed by atoms with E-state index in [-0.39, 0.29) is 5.57 Å². The van der Waals surface area contributed by atoms with Crippen molar-refractivity contribution in [1.82, 2.24) is 0 Å². The van der Waals surface area contributed by atoms with Crippen LogP contribution in [-0.2, 0) is 0 Å². The van der Waals surface area contributed by atoms with E-state index in [0.29, 0.717) is 5.76 Å². The number of hydrogen-bond acceptors (Lipinski definition) is 4. The molecule has 0 aliphatic carbocycles. The van der Waals surface area contributed by atoms with Crippen molar-refractivity contribution >= 4 is 12.0 Å². The van der Waals surface area contributed by atoms with E-state index < -0.39 is 0 Å². The van der Waals surface area contributed by atoms with Crippen molar-refractivity contribution in [2.45, 2.75) is 19.3 Å². The van der Waals surface area contributed by atoms with Gasteiger partial charge in [0.25, 0.3) is 0 Å². The number of allylic oxidation sites excluding steroid dienone is 1. The SMILES string of the molecule is N#CC(C#N)=Cc1ccc(N2CCCCC2)o1. The average molecular weight is 227 g/mol. The van der Waals surface area contributed by atoms with E-state index in [9.17, 15) is 0 Å². The Morgan fingerprint density at radius 3 is 2.53 bits per heavy atom. The second kappa shape index (κ2) is 5.23. The molecule has 0 aromatic carbocycles. The maximum Gasteiger partial charge on any atom is 0.196 e. The average Bonchev–Trinajstić information content (AvgIpc) is 2.85. The van der Waals surface area contributed by atoms with Crippen LogP contribution in [0.25, 0.3) is 6.08 Å². The molecule has 0 radical (unpaired) electrons. The van der Waals surface area contributed by atoms with E-state index in [4.69, 9.17) is 14.9 Å². The number of piperidine rings is 1. The normalized spacial score (nSPS) is 14.8. The summed E-state index contributed by atoms with van der Waals surface area (Å²) in [6, 6.07) is 7.31. The zero-order valence-corrected chi connectivity index (χ0v) is 9.52. The number of nitrogens with zero attached hydrogens (tertiary/aromatic N) is 3. The first-order valence-electron chi connectivity index (χ1n) is 5.70. The first-order valence-corrected chi connectivity index (χ1v) is 5.70. The molecule has 2 heterocycles. The Labute approximate surface area is 100 Å². The largest absolute Gasteiger partial charge is 0.441 e. The van der Waals surface area contributed by atoms with Gasteiger partial charge in [-0.2, -0.15) is 10.5 Å². The third-order valence-electron chi connectivity index (χ3n) is 2.81. The van der Waals surface area contributed by atoms with Crippen molar-refractivity contribution in [3.05, 3.63) is 23.5 Å². The zero-order chi connectivity index (χ0) is 12.1. The van der Waals surface area contributed by atoms with Gasteiger partial charge in [-0.3, -0.25) is 0 Å². The van der Waals surface area contributed by atoms with Crippen LogP contribution in [0.5, 0.6) is 0 Å². The smallest absolute Gasteiger partial charge is 0.196 e. The second-order valence-electron chi connectivity index (χ2n) is 4.01. The van der Waals surface area contributed by atoms with Crippen molar-refractivity contribution in [2.75, 3.05) is 18.0 Å². The molecule has 0 saturated carbocycles. The van der Waals surface area contributed by atoms with Gasteiger partial charge in [0, 0.05) is 25.2 Å². The number of hydrogen-bond donors (Lipinski definition) is 0. The van der Waals surface area contributed by atoms with Crippen molar-refractivity contribution in [3.63, 3.8) is 0 Å². The Kier molecular flexibility index (Phi) is 3.47. The molecule has 4 nitrogen and oxygen atoms in total. The van der Waals surface area contributed by atoms with Gasteiger partial charge in [-0.05, 0) is 25.3 Å². The standard InChI is InChI=1S/C13H13N3O/c14-9-11(10-15)8-12-4-5-13(17-12)16-6-2-1-3-7-16/h4-5,8H,1-3,6-7H2. The molecule has 0 N–H and O–H groups in total.